The minimum absolute atomic E-state index is 0.612. The lowest BCUT2D eigenvalue weighted by molar-refractivity contribution is 0.598. The summed E-state index contributed by atoms with van der Waals surface area (Å²) in [6.07, 6.45) is 4.80. The van der Waals surface area contributed by atoms with Crippen LogP contribution in [0.1, 0.15) is 31.2 Å². The normalized spacial score (nSPS) is 18.9. The minimum Gasteiger partial charge on any atom is -0.353 e. The maximum atomic E-state index is 5.85. The van der Waals surface area contributed by atoms with Crippen molar-refractivity contribution >= 4 is 28.3 Å². The first kappa shape index (κ1) is 13.7. The Balaban J connectivity index is 1.94. The quantitative estimate of drug-likeness (QED) is 0.768. The van der Waals surface area contributed by atoms with Crippen LogP contribution in [0.25, 0.3) is 10.9 Å². The predicted octanol–water partition coefficient (Wildman–Crippen LogP) is 4.53. The maximum absolute atomic E-state index is 5.85. The molecule has 2 heterocycles. The van der Waals surface area contributed by atoms with Crippen LogP contribution >= 0.6 is 11.6 Å². The summed E-state index contributed by atoms with van der Waals surface area (Å²) in [7, 11) is 0. The fourth-order valence-electron chi connectivity index (χ4n) is 3.23. The van der Waals surface area contributed by atoms with Crippen LogP contribution in [0.4, 0.5) is 5.82 Å². The Kier molecular flexibility index (Phi) is 4.11. The van der Waals surface area contributed by atoms with Crippen LogP contribution in [-0.4, -0.2) is 23.5 Å². The van der Waals surface area contributed by atoms with Crippen molar-refractivity contribution < 1.29 is 0 Å². The van der Waals surface area contributed by atoms with E-state index in [2.05, 4.69) is 42.2 Å². The van der Waals surface area contributed by atoms with Crippen LogP contribution in [0.2, 0.25) is 0 Å². The molecular weight excluding hydrogens is 268 g/mol. The molecule has 1 aliphatic heterocycles. The van der Waals surface area contributed by atoms with E-state index in [9.17, 15) is 0 Å². The molecule has 3 heteroatoms. The Morgan fingerprint density at radius 2 is 2.20 bits per heavy atom. The SMILES string of the molecule is Cc1cc2ccccc2nc1N1CCCC1CCCCl. The number of hydrogen-bond donors (Lipinski definition) is 0. The van der Waals surface area contributed by atoms with E-state index in [0.29, 0.717) is 6.04 Å². The van der Waals surface area contributed by atoms with E-state index in [-0.39, 0.29) is 0 Å². The van der Waals surface area contributed by atoms with E-state index < -0.39 is 0 Å². The second kappa shape index (κ2) is 6.01. The number of alkyl halides is 1. The summed E-state index contributed by atoms with van der Waals surface area (Å²) in [5.41, 5.74) is 2.37. The summed E-state index contributed by atoms with van der Waals surface area (Å²) in [6.45, 7) is 3.30. The van der Waals surface area contributed by atoms with Crippen molar-refractivity contribution in [1.82, 2.24) is 4.98 Å². The monoisotopic (exact) mass is 288 g/mol. The summed E-state index contributed by atoms with van der Waals surface area (Å²) in [4.78, 5) is 7.40. The highest BCUT2D eigenvalue weighted by Gasteiger charge is 2.26. The Bertz CT molecular complexity index is 597. The summed E-state index contributed by atoms with van der Waals surface area (Å²) >= 11 is 5.85. The highest BCUT2D eigenvalue weighted by atomic mass is 35.5. The summed E-state index contributed by atoms with van der Waals surface area (Å²) < 4.78 is 0. The van der Waals surface area contributed by atoms with Gasteiger partial charge in [0.15, 0.2) is 0 Å². The molecule has 0 aliphatic carbocycles. The smallest absolute Gasteiger partial charge is 0.132 e. The number of nitrogens with zero attached hydrogens (tertiary/aromatic N) is 2. The molecule has 1 atom stereocenters. The first-order valence-electron chi connectivity index (χ1n) is 7.48. The lowest BCUT2D eigenvalue weighted by Crippen LogP contribution is -2.30. The van der Waals surface area contributed by atoms with Gasteiger partial charge in [0.1, 0.15) is 5.82 Å². The van der Waals surface area contributed by atoms with Crippen molar-refractivity contribution in [2.75, 3.05) is 17.3 Å². The third-order valence-electron chi connectivity index (χ3n) is 4.21. The molecule has 1 unspecified atom stereocenters. The van der Waals surface area contributed by atoms with Gasteiger partial charge in [-0.15, -0.1) is 11.6 Å². The molecule has 20 heavy (non-hydrogen) atoms. The molecule has 0 N–H and O–H groups in total. The van der Waals surface area contributed by atoms with E-state index in [4.69, 9.17) is 16.6 Å². The Morgan fingerprint density at radius 1 is 1.35 bits per heavy atom. The second-order valence-electron chi connectivity index (χ2n) is 5.64. The van der Waals surface area contributed by atoms with E-state index in [1.165, 1.54) is 36.0 Å². The molecule has 0 radical (unpaired) electrons. The molecule has 106 valence electrons. The van der Waals surface area contributed by atoms with Crippen LogP contribution < -0.4 is 4.90 Å². The first-order valence-corrected chi connectivity index (χ1v) is 8.02. The Hall–Kier alpha value is -1.28. The third kappa shape index (κ3) is 2.62. The van der Waals surface area contributed by atoms with Crippen LogP contribution in [0, 0.1) is 6.92 Å². The summed E-state index contributed by atoms with van der Waals surface area (Å²) in [5.74, 6) is 1.93. The van der Waals surface area contributed by atoms with Crippen LogP contribution in [0.5, 0.6) is 0 Å². The predicted molar refractivity (Wildman–Crippen MR) is 86.8 cm³/mol. The van der Waals surface area contributed by atoms with Crippen molar-refractivity contribution in [3.05, 3.63) is 35.9 Å². The van der Waals surface area contributed by atoms with Gasteiger partial charge in [-0.1, -0.05) is 18.2 Å². The molecule has 1 aliphatic rings. The third-order valence-corrected chi connectivity index (χ3v) is 4.48. The van der Waals surface area contributed by atoms with Crippen LogP contribution in [0.3, 0.4) is 0 Å². The first-order chi connectivity index (χ1) is 9.79. The zero-order valence-electron chi connectivity index (χ0n) is 12.0. The largest absolute Gasteiger partial charge is 0.353 e. The Labute approximate surface area is 125 Å². The van der Waals surface area contributed by atoms with Crippen molar-refractivity contribution in [1.29, 1.82) is 0 Å². The molecule has 1 fully saturated rings. The zero-order chi connectivity index (χ0) is 13.9. The molecule has 1 saturated heterocycles. The maximum Gasteiger partial charge on any atom is 0.132 e. The van der Waals surface area contributed by atoms with Crippen LogP contribution in [-0.2, 0) is 0 Å². The highest BCUT2D eigenvalue weighted by Crippen LogP contribution is 2.31. The van der Waals surface area contributed by atoms with Crippen molar-refractivity contribution in [3.63, 3.8) is 0 Å². The van der Waals surface area contributed by atoms with Gasteiger partial charge in [-0.2, -0.15) is 0 Å². The highest BCUT2D eigenvalue weighted by molar-refractivity contribution is 6.17. The number of halogens is 1. The molecule has 3 rings (SSSR count). The van der Waals surface area contributed by atoms with Gasteiger partial charge in [-0.05, 0) is 50.3 Å². The number of fused-ring (bicyclic) bond motifs is 1. The zero-order valence-corrected chi connectivity index (χ0v) is 12.7. The number of para-hydroxylation sites is 1. The molecule has 1 aromatic heterocycles. The molecule has 0 bridgehead atoms. The number of hydrogen-bond acceptors (Lipinski definition) is 2. The van der Waals surface area contributed by atoms with E-state index in [0.717, 1.165) is 24.4 Å². The lowest BCUT2D eigenvalue weighted by Gasteiger charge is -2.27. The summed E-state index contributed by atoms with van der Waals surface area (Å²) in [5, 5.41) is 1.23. The molecule has 2 nitrogen and oxygen atoms in total. The van der Waals surface area contributed by atoms with Gasteiger partial charge in [-0.3, -0.25) is 0 Å². The van der Waals surface area contributed by atoms with Crippen molar-refractivity contribution in [2.45, 2.75) is 38.6 Å². The number of benzene rings is 1. The number of anilines is 1. The van der Waals surface area contributed by atoms with Gasteiger partial charge < -0.3 is 4.90 Å². The second-order valence-corrected chi connectivity index (χ2v) is 6.02. The average Bonchev–Trinajstić information content (AvgIpc) is 2.92. The molecule has 1 aromatic carbocycles. The van der Waals surface area contributed by atoms with Crippen LogP contribution in [0.15, 0.2) is 30.3 Å². The molecule has 0 spiro atoms. The number of aromatic nitrogens is 1. The van der Waals surface area contributed by atoms with Gasteiger partial charge >= 0.3 is 0 Å². The van der Waals surface area contributed by atoms with Gasteiger partial charge in [0, 0.05) is 23.9 Å². The molecular formula is C17H21ClN2. The fourth-order valence-corrected chi connectivity index (χ4v) is 3.38. The van der Waals surface area contributed by atoms with E-state index in [1.807, 2.05) is 0 Å². The Morgan fingerprint density at radius 3 is 3.05 bits per heavy atom. The van der Waals surface area contributed by atoms with Gasteiger partial charge in [-0.25, -0.2) is 4.98 Å². The van der Waals surface area contributed by atoms with Gasteiger partial charge in [0.05, 0.1) is 5.52 Å². The lowest BCUT2D eigenvalue weighted by atomic mass is 10.1. The topological polar surface area (TPSA) is 16.1 Å². The molecule has 2 aromatic rings. The standard InChI is InChI=1S/C17H21ClN2/c1-13-12-14-6-2-3-9-16(14)19-17(13)20-11-5-8-15(20)7-4-10-18/h2-3,6,9,12,15H,4-5,7-8,10-11H2,1H3. The van der Waals surface area contributed by atoms with Gasteiger partial charge in [0.25, 0.3) is 0 Å². The van der Waals surface area contributed by atoms with Gasteiger partial charge in [0.2, 0.25) is 0 Å². The fraction of sp³-hybridized carbons (Fsp3) is 0.471. The molecule has 0 saturated carbocycles. The van der Waals surface area contributed by atoms with E-state index >= 15 is 0 Å². The molecule has 0 amide bonds. The number of pyridine rings is 1. The minimum atomic E-state index is 0.612. The van der Waals surface area contributed by atoms with Crippen molar-refractivity contribution in [3.8, 4) is 0 Å². The summed E-state index contributed by atoms with van der Waals surface area (Å²) in [6, 6.07) is 11.2. The van der Waals surface area contributed by atoms with E-state index in [1.54, 1.807) is 0 Å². The number of aryl methyl sites for hydroxylation is 1. The number of rotatable bonds is 4. The van der Waals surface area contributed by atoms with Crippen molar-refractivity contribution in [2.24, 2.45) is 0 Å². The average molecular weight is 289 g/mol.